The van der Waals surface area contributed by atoms with E-state index in [-0.39, 0.29) is 16.9 Å². The van der Waals surface area contributed by atoms with Gasteiger partial charge in [0.15, 0.2) is 0 Å². The van der Waals surface area contributed by atoms with Crippen molar-refractivity contribution in [1.82, 2.24) is 0 Å². The molecule has 0 fully saturated rings. The number of rotatable bonds is 2. The monoisotopic (exact) mass is 197 g/mol. The first kappa shape index (κ1) is 10.5. The van der Waals surface area contributed by atoms with E-state index in [0.29, 0.717) is 0 Å². The third kappa shape index (κ3) is 1.99. The minimum atomic E-state index is -3.00. The van der Waals surface area contributed by atoms with Gasteiger partial charge in [-0.3, -0.25) is 0 Å². The highest BCUT2D eigenvalue weighted by molar-refractivity contribution is 5.43. The van der Waals surface area contributed by atoms with Gasteiger partial charge in [0, 0.05) is 6.92 Å². The van der Waals surface area contributed by atoms with E-state index in [2.05, 4.69) is 0 Å². The molecular formula is C10H9F2NO. The topological polar surface area (TPSA) is 33.0 Å². The van der Waals surface area contributed by atoms with Crippen molar-refractivity contribution >= 4 is 0 Å². The van der Waals surface area contributed by atoms with Crippen LogP contribution in [-0.2, 0) is 5.92 Å². The van der Waals surface area contributed by atoms with Gasteiger partial charge in [-0.05, 0) is 18.2 Å². The van der Waals surface area contributed by atoms with Crippen LogP contribution in [0.15, 0.2) is 18.2 Å². The molecule has 0 aliphatic carbocycles. The highest BCUT2D eigenvalue weighted by Gasteiger charge is 2.28. The summed E-state index contributed by atoms with van der Waals surface area (Å²) in [5.74, 6) is -2.91. The number of ether oxygens (including phenoxy) is 1. The Labute approximate surface area is 80.7 Å². The third-order valence-corrected chi connectivity index (χ3v) is 1.80. The van der Waals surface area contributed by atoms with E-state index in [4.69, 9.17) is 10.00 Å². The molecule has 0 heterocycles. The molecule has 0 spiro atoms. The molecule has 0 radical (unpaired) electrons. The van der Waals surface area contributed by atoms with Gasteiger partial charge in [0.05, 0.1) is 24.3 Å². The summed E-state index contributed by atoms with van der Waals surface area (Å²) in [6.45, 7) is 0.770. The smallest absolute Gasteiger partial charge is 0.274 e. The fraction of sp³-hybridized carbons (Fsp3) is 0.300. The fourth-order valence-corrected chi connectivity index (χ4v) is 1.12. The number of benzene rings is 1. The lowest BCUT2D eigenvalue weighted by Crippen LogP contribution is -2.09. The fourth-order valence-electron chi connectivity index (χ4n) is 1.12. The maximum absolute atomic E-state index is 13.0. The molecule has 0 unspecified atom stereocenters. The number of hydrogen-bond donors (Lipinski definition) is 0. The van der Waals surface area contributed by atoms with Crippen LogP contribution in [0.25, 0.3) is 0 Å². The van der Waals surface area contributed by atoms with Gasteiger partial charge in [-0.15, -0.1) is 0 Å². The molecule has 14 heavy (non-hydrogen) atoms. The SMILES string of the molecule is COc1ccc(C#N)cc1C(C)(F)F. The van der Waals surface area contributed by atoms with E-state index in [0.717, 1.165) is 13.0 Å². The van der Waals surface area contributed by atoms with Crippen LogP contribution in [0, 0.1) is 11.3 Å². The molecule has 4 heteroatoms. The maximum atomic E-state index is 13.0. The average molecular weight is 197 g/mol. The summed E-state index contributed by atoms with van der Waals surface area (Å²) in [6, 6.07) is 5.74. The highest BCUT2D eigenvalue weighted by Crippen LogP contribution is 2.34. The molecule has 1 aromatic carbocycles. The first-order chi connectivity index (χ1) is 6.49. The van der Waals surface area contributed by atoms with Crippen molar-refractivity contribution in [1.29, 1.82) is 5.26 Å². The van der Waals surface area contributed by atoms with Crippen LogP contribution in [0.2, 0.25) is 0 Å². The van der Waals surface area contributed by atoms with Gasteiger partial charge >= 0.3 is 0 Å². The lowest BCUT2D eigenvalue weighted by molar-refractivity contribution is 0.0150. The van der Waals surface area contributed by atoms with E-state index < -0.39 is 5.92 Å². The van der Waals surface area contributed by atoms with Gasteiger partial charge in [-0.25, -0.2) is 8.78 Å². The molecule has 0 saturated carbocycles. The second-order valence-corrected chi connectivity index (χ2v) is 2.92. The Morgan fingerprint density at radius 1 is 1.43 bits per heavy atom. The number of nitriles is 1. The highest BCUT2D eigenvalue weighted by atomic mass is 19.3. The van der Waals surface area contributed by atoms with Crippen molar-refractivity contribution in [2.75, 3.05) is 7.11 Å². The van der Waals surface area contributed by atoms with Crippen molar-refractivity contribution in [2.24, 2.45) is 0 Å². The predicted octanol–water partition coefficient (Wildman–Crippen LogP) is 2.68. The summed E-state index contributed by atoms with van der Waals surface area (Å²) < 4.78 is 30.8. The average Bonchev–Trinajstić information content (AvgIpc) is 2.15. The van der Waals surface area contributed by atoms with E-state index in [1.807, 2.05) is 0 Å². The zero-order valence-corrected chi connectivity index (χ0v) is 7.84. The normalized spacial score (nSPS) is 10.8. The maximum Gasteiger partial charge on any atom is 0.274 e. The Morgan fingerprint density at radius 2 is 2.07 bits per heavy atom. The van der Waals surface area contributed by atoms with Gasteiger partial charge in [-0.1, -0.05) is 0 Å². The molecule has 0 N–H and O–H groups in total. The van der Waals surface area contributed by atoms with Gasteiger partial charge < -0.3 is 4.74 Å². The van der Waals surface area contributed by atoms with Gasteiger partial charge in [0.1, 0.15) is 5.75 Å². The van der Waals surface area contributed by atoms with Gasteiger partial charge in [-0.2, -0.15) is 5.26 Å². The molecule has 0 aromatic heterocycles. The first-order valence-electron chi connectivity index (χ1n) is 3.95. The largest absolute Gasteiger partial charge is 0.496 e. The van der Waals surface area contributed by atoms with Gasteiger partial charge in [0.25, 0.3) is 5.92 Å². The van der Waals surface area contributed by atoms with Crippen LogP contribution < -0.4 is 4.74 Å². The molecule has 74 valence electrons. The Morgan fingerprint density at radius 3 is 2.50 bits per heavy atom. The number of halogens is 2. The Bertz CT molecular complexity index is 377. The van der Waals surface area contributed by atoms with Crippen LogP contribution in [0.5, 0.6) is 5.75 Å². The summed E-state index contributed by atoms with van der Waals surface area (Å²) in [6.07, 6.45) is 0. The van der Waals surface area contributed by atoms with E-state index in [9.17, 15) is 8.78 Å². The number of methoxy groups -OCH3 is 1. The molecule has 0 atom stereocenters. The van der Waals surface area contributed by atoms with Gasteiger partial charge in [0.2, 0.25) is 0 Å². The van der Waals surface area contributed by atoms with Crippen LogP contribution in [-0.4, -0.2) is 7.11 Å². The minimum Gasteiger partial charge on any atom is -0.496 e. The van der Waals surface area contributed by atoms with E-state index >= 15 is 0 Å². The van der Waals surface area contributed by atoms with Crippen LogP contribution in [0.4, 0.5) is 8.78 Å². The summed E-state index contributed by atoms with van der Waals surface area (Å²) in [5, 5.41) is 8.56. The number of nitrogens with zero attached hydrogens (tertiary/aromatic N) is 1. The summed E-state index contributed by atoms with van der Waals surface area (Å²) in [4.78, 5) is 0. The Balaban J connectivity index is 3.31. The second kappa shape index (κ2) is 3.62. The van der Waals surface area contributed by atoms with Crippen molar-refractivity contribution < 1.29 is 13.5 Å². The number of hydrogen-bond acceptors (Lipinski definition) is 2. The number of alkyl halides is 2. The molecular weight excluding hydrogens is 188 g/mol. The van der Waals surface area contributed by atoms with E-state index in [1.165, 1.54) is 19.2 Å². The molecule has 2 nitrogen and oxygen atoms in total. The van der Waals surface area contributed by atoms with Crippen molar-refractivity contribution in [3.05, 3.63) is 29.3 Å². The summed E-state index contributed by atoms with van der Waals surface area (Å²) in [7, 11) is 1.32. The van der Waals surface area contributed by atoms with Crippen molar-refractivity contribution in [3.63, 3.8) is 0 Å². The molecule has 0 bridgehead atoms. The van der Waals surface area contributed by atoms with Crippen molar-refractivity contribution in [2.45, 2.75) is 12.8 Å². The molecule has 0 aliphatic rings. The van der Waals surface area contributed by atoms with Crippen molar-refractivity contribution in [3.8, 4) is 11.8 Å². The minimum absolute atomic E-state index is 0.0940. The zero-order valence-electron chi connectivity index (χ0n) is 7.84. The molecule has 1 aromatic rings. The standard InChI is InChI=1S/C10H9F2NO/c1-10(11,12)8-5-7(6-13)3-4-9(8)14-2/h3-5H,1-2H3. The van der Waals surface area contributed by atoms with Crippen LogP contribution in [0.3, 0.4) is 0 Å². The quantitative estimate of drug-likeness (QED) is 0.730. The molecule has 0 aliphatic heterocycles. The zero-order chi connectivity index (χ0) is 10.8. The molecule has 1 rings (SSSR count). The lowest BCUT2D eigenvalue weighted by atomic mass is 10.1. The molecule has 0 amide bonds. The predicted molar refractivity (Wildman–Crippen MR) is 47.3 cm³/mol. The van der Waals surface area contributed by atoms with Crippen LogP contribution >= 0.6 is 0 Å². The third-order valence-electron chi connectivity index (χ3n) is 1.80. The molecule has 0 saturated heterocycles. The first-order valence-corrected chi connectivity index (χ1v) is 3.95. The Hall–Kier alpha value is -1.63. The second-order valence-electron chi connectivity index (χ2n) is 2.92. The summed E-state index contributed by atoms with van der Waals surface area (Å²) in [5.41, 5.74) is -0.0682. The van der Waals surface area contributed by atoms with E-state index in [1.54, 1.807) is 6.07 Å². The Kier molecular flexibility index (Phi) is 2.70. The summed E-state index contributed by atoms with van der Waals surface area (Å²) >= 11 is 0. The lowest BCUT2D eigenvalue weighted by Gasteiger charge is -2.14. The van der Waals surface area contributed by atoms with Crippen LogP contribution in [0.1, 0.15) is 18.1 Å².